The Bertz CT molecular complexity index is 353. The van der Waals surface area contributed by atoms with Crippen molar-refractivity contribution in [3.8, 4) is 0 Å². The van der Waals surface area contributed by atoms with Crippen LogP contribution >= 0.6 is 27.3 Å². The molecule has 2 N–H and O–H groups in total. The summed E-state index contributed by atoms with van der Waals surface area (Å²) in [5, 5.41) is 0. The van der Waals surface area contributed by atoms with Gasteiger partial charge in [-0.05, 0) is 52.7 Å². The maximum Gasteiger partial charge on any atom is 0.0704 e. The Morgan fingerprint density at radius 2 is 2.07 bits per heavy atom. The molecule has 1 nitrogen and oxygen atoms in total. The van der Waals surface area contributed by atoms with E-state index in [2.05, 4.69) is 35.8 Å². The highest BCUT2D eigenvalue weighted by Crippen LogP contribution is 2.47. The molecule has 0 aliphatic heterocycles. The molecule has 0 amide bonds. The molecule has 15 heavy (non-hydrogen) atoms. The van der Waals surface area contributed by atoms with E-state index in [-0.39, 0.29) is 6.04 Å². The summed E-state index contributed by atoms with van der Waals surface area (Å²) in [5.74, 6) is 0. The number of thiophene rings is 1. The van der Waals surface area contributed by atoms with E-state index in [1.807, 2.05) is 0 Å². The van der Waals surface area contributed by atoms with Crippen LogP contribution in [0.5, 0.6) is 0 Å². The summed E-state index contributed by atoms with van der Waals surface area (Å²) in [6, 6.07) is 2.41. The molecule has 3 heteroatoms. The molecule has 1 aliphatic rings. The average molecular weight is 288 g/mol. The van der Waals surface area contributed by atoms with Gasteiger partial charge in [-0.3, -0.25) is 0 Å². The molecule has 0 bridgehead atoms. The molecule has 1 aromatic heterocycles. The largest absolute Gasteiger partial charge is 0.323 e. The minimum absolute atomic E-state index is 0.211. The van der Waals surface area contributed by atoms with Crippen molar-refractivity contribution in [2.45, 2.75) is 45.6 Å². The molecular weight excluding hydrogens is 270 g/mol. The van der Waals surface area contributed by atoms with Crippen molar-refractivity contribution in [2.75, 3.05) is 0 Å². The van der Waals surface area contributed by atoms with Gasteiger partial charge in [0, 0.05) is 10.9 Å². The summed E-state index contributed by atoms with van der Waals surface area (Å²) in [4.78, 5) is 1.36. The highest BCUT2D eigenvalue weighted by atomic mass is 79.9. The van der Waals surface area contributed by atoms with E-state index in [9.17, 15) is 0 Å². The van der Waals surface area contributed by atoms with Crippen LogP contribution in [0.4, 0.5) is 0 Å². The summed E-state index contributed by atoms with van der Waals surface area (Å²) in [5.41, 5.74) is 8.10. The van der Waals surface area contributed by atoms with E-state index in [1.54, 1.807) is 11.3 Å². The molecule has 0 radical (unpaired) electrons. The Labute approximate surface area is 104 Å². The minimum atomic E-state index is 0.211. The zero-order valence-corrected chi connectivity index (χ0v) is 11.7. The maximum atomic E-state index is 6.43. The number of aryl methyl sites for hydroxylation is 1. The third-order valence-electron chi connectivity index (χ3n) is 3.76. The van der Waals surface area contributed by atoms with E-state index in [0.717, 1.165) is 0 Å². The lowest BCUT2D eigenvalue weighted by molar-refractivity contribution is 0.265. The van der Waals surface area contributed by atoms with Crippen LogP contribution in [-0.4, -0.2) is 0 Å². The maximum absolute atomic E-state index is 6.43. The lowest BCUT2D eigenvalue weighted by Crippen LogP contribution is -2.29. The fourth-order valence-corrected chi connectivity index (χ4v) is 4.39. The van der Waals surface area contributed by atoms with Crippen molar-refractivity contribution in [1.29, 1.82) is 0 Å². The van der Waals surface area contributed by atoms with E-state index in [4.69, 9.17) is 5.73 Å². The van der Waals surface area contributed by atoms with Crippen LogP contribution in [0.25, 0.3) is 0 Å². The number of hydrogen-bond donors (Lipinski definition) is 1. The standard InChI is InChI=1S/C12H18BrNS/c1-8-9(7-10(13)15-8)11(14)12(2)5-3-4-6-12/h7,11H,3-6,14H2,1-2H3. The zero-order valence-electron chi connectivity index (χ0n) is 9.35. The quantitative estimate of drug-likeness (QED) is 0.857. The SMILES string of the molecule is Cc1sc(Br)cc1C(N)C1(C)CCCC1. The van der Waals surface area contributed by atoms with Crippen LogP contribution in [0.2, 0.25) is 0 Å². The molecule has 1 heterocycles. The van der Waals surface area contributed by atoms with Crippen molar-refractivity contribution < 1.29 is 0 Å². The molecule has 1 aromatic rings. The Balaban J connectivity index is 2.27. The van der Waals surface area contributed by atoms with Gasteiger partial charge < -0.3 is 5.73 Å². The monoisotopic (exact) mass is 287 g/mol. The summed E-state index contributed by atoms with van der Waals surface area (Å²) < 4.78 is 1.20. The third kappa shape index (κ3) is 2.15. The van der Waals surface area contributed by atoms with Crippen molar-refractivity contribution in [1.82, 2.24) is 0 Å². The topological polar surface area (TPSA) is 26.0 Å². The molecule has 1 aliphatic carbocycles. The second-order valence-electron chi connectivity index (χ2n) is 4.90. The van der Waals surface area contributed by atoms with Gasteiger partial charge in [-0.1, -0.05) is 19.8 Å². The van der Waals surface area contributed by atoms with Crippen molar-refractivity contribution in [2.24, 2.45) is 11.1 Å². The predicted molar refractivity (Wildman–Crippen MR) is 70.3 cm³/mol. The number of halogens is 1. The van der Waals surface area contributed by atoms with Gasteiger partial charge in [-0.25, -0.2) is 0 Å². The van der Waals surface area contributed by atoms with Gasteiger partial charge in [0.15, 0.2) is 0 Å². The van der Waals surface area contributed by atoms with Crippen LogP contribution in [0.3, 0.4) is 0 Å². The lowest BCUT2D eigenvalue weighted by Gasteiger charge is -2.31. The number of rotatable bonds is 2. The van der Waals surface area contributed by atoms with Crippen molar-refractivity contribution in [3.63, 3.8) is 0 Å². The molecule has 0 saturated heterocycles. The Morgan fingerprint density at radius 3 is 2.53 bits per heavy atom. The smallest absolute Gasteiger partial charge is 0.0704 e. The summed E-state index contributed by atoms with van der Waals surface area (Å²) in [7, 11) is 0. The fourth-order valence-electron chi connectivity index (χ4n) is 2.64. The molecule has 1 unspecified atom stereocenters. The molecule has 1 fully saturated rings. The Kier molecular flexibility index (Phi) is 3.25. The van der Waals surface area contributed by atoms with Crippen molar-refractivity contribution >= 4 is 27.3 Å². The molecule has 1 atom stereocenters. The molecule has 1 saturated carbocycles. The minimum Gasteiger partial charge on any atom is -0.323 e. The lowest BCUT2D eigenvalue weighted by atomic mass is 9.78. The molecule has 84 valence electrons. The zero-order chi connectivity index (χ0) is 11.1. The highest BCUT2D eigenvalue weighted by molar-refractivity contribution is 9.11. The molecule has 0 spiro atoms. The van der Waals surface area contributed by atoms with Crippen molar-refractivity contribution in [3.05, 3.63) is 20.3 Å². The first-order chi connectivity index (χ1) is 7.03. The summed E-state index contributed by atoms with van der Waals surface area (Å²) in [6.45, 7) is 4.51. The van der Waals surface area contributed by atoms with E-state index in [0.29, 0.717) is 5.41 Å². The second-order valence-corrected chi connectivity index (χ2v) is 7.54. The van der Waals surface area contributed by atoms with Gasteiger partial charge in [-0.15, -0.1) is 11.3 Å². The first-order valence-corrected chi connectivity index (χ1v) is 7.15. The van der Waals surface area contributed by atoms with Gasteiger partial charge in [0.25, 0.3) is 0 Å². The van der Waals surface area contributed by atoms with Gasteiger partial charge in [0.2, 0.25) is 0 Å². The number of nitrogens with two attached hydrogens (primary N) is 1. The average Bonchev–Trinajstić information content (AvgIpc) is 2.73. The van der Waals surface area contributed by atoms with Crippen LogP contribution in [0.1, 0.15) is 49.1 Å². The normalized spacial score (nSPS) is 21.9. The van der Waals surface area contributed by atoms with E-state index < -0.39 is 0 Å². The van der Waals surface area contributed by atoms with Gasteiger partial charge in [-0.2, -0.15) is 0 Å². The molecule has 0 aromatic carbocycles. The van der Waals surface area contributed by atoms with E-state index in [1.165, 1.54) is 39.9 Å². The molecular formula is C12H18BrNS. The molecule has 2 rings (SSSR count). The number of hydrogen-bond acceptors (Lipinski definition) is 2. The van der Waals surface area contributed by atoms with E-state index >= 15 is 0 Å². The Morgan fingerprint density at radius 1 is 1.47 bits per heavy atom. The Hall–Kier alpha value is 0.140. The van der Waals surface area contributed by atoms with Crippen LogP contribution in [-0.2, 0) is 0 Å². The van der Waals surface area contributed by atoms with Gasteiger partial charge in [0.05, 0.1) is 3.79 Å². The van der Waals surface area contributed by atoms with Gasteiger partial charge >= 0.3 is 0 Å². The predicted octanol–water partition coefficient (Wildman–Crippen LogP) is 4.40. The third-order valence-corrected chi connectivity index (χ3v) is 5.33. The second kappa shape index (κ2) is 4.19. The van der Waals surface area contributed by atoms with Crippen LogP contribution < -0.4 is 5.73 Å². The first-order valence-electron chi connectivity index (χ1n) is 5.54. The fraction of sp³-hybridized carbons (Fsp3) is 0.667. The first kappa shape index (κ1) is 11.6. The van der Waals surface area contributed by atoms with Crippen LogP contribution in [0.15, 0.2) is 9.85 Å². The van der Waals surface area contributed by atoms with Gasteiger partial charge in [0.1, 0.15) is 0 Å². The summed E-state index contributed by atoms with van der Waals surface area (Å²) >= 11 is 5.33. The van der Waals surface area contributed by atoms with Crippen LogP contribution in [0, 0.1) is 12.3 Å². The highest BCUT2D eigenvalue weighted by Gasteiger charge is 2.36. The summed E-state index contributed by atoms with van der Waals surface area (Å²) in [6.07, 6.45) is 5.24.